The molecule has 2 amide bonds. The summed E-state index contributed by atoms with van der Waals surface area (Å²) in [6, 6.07) is 10.3. The maximum absolute atomic E-state index is 12.3. The van der Waals surface area contributed by atoms with Crippen LogP contribution in [-0.4, -0.2) is 45.5 Å². The summed E-state index contributed by atoms with van der Waals surface area (Å²) in [6.07, 6.45) is 7.29. The second-order valence-corrected chi connectivity index (χ2v) is 7.42. The summed E-state index contributed by atoms with van der Waals surface area (Å²) >= 11 is 1.90. The lowest BCUT2D eigenvalue weighted by molar-refractivity contribution is 0.202. The molecule has 0 saturated heterocycles. The van der Waals surface area contributed by atoms with Gasteiger partial charge < -0.3 is 15.2 Å². The van der Waals surface area contributed by atoms with Crippen LogP contribution in [0.4, 0.5) is 4.79 Å². The van der Waals surface area contributed by atoms with Crippen LogP contribution >= 0.6 is 11.8 Å². The molecule has 24 heavy (non-hydrogen) atoms. The highest BCUT2D eigenvalue weighted by Crippen LogP contribution is 2.28. The van der Waals surface area contributed by atoms with Crippen molar-refractivity contribution in [2.45, 2.75) is 37.1 Å². The van der Waals surface area contributed by atoms with Crippen LogP contribution in [-0.2, 0) is 6.54 Å². The molecule has 1 aromatic carbocycles. The van der Waals surface area contributed by atoms with Crippen molar-refractivity contribution < 1.29 is 4.79 Å². The van der Waals surface area contributed by atoms with Crippen LogP contribution in [0.2, 0.25) is 0 Å². The van der Waals surface area contributed by atoms with Gasteiger partial charge in [0.25, 0.3) is 0 Å². The topological polar surface area (TPSA) is 61.0 Å². The van der Waals surface area contributed by atoms with E-state index in [0.717, 1.165) is 29.9 Å². The zero-order valence-corrected chi connectivity index (χ0v) is 15.0. The van der Waals surface area contributed by atoms with E-state index in [2.05, 4.69) is 21.5 Å². The first-order chi connectivity index (χ1) is 11.7. The highest BCUT2D eigenvalue weighted by atomic mass is 32.2. The molecule has 0 spiro atoms. The Labute approximate surface area is 147 Å². The lowest BCUT2D eigenvalue weighted by Crippen LogP contribution is -2.42. The minimum atomic E-state index is -0.0283. The van der Waals surface area contributed by atoms with Gasteiger partial charge in [0.1, 0.15) is 5.82 Å². The predicted molar refractivity (Wildman–Crippen MR) is 99.0 cm³/mol. The van der Waals surface area contributed by atoms with Crippen LogP contribution in [0.1, 0.15) is 25.1 Å². The molecule has 1 fully saturated rings. The summed E-state index contributed by atoms with van der Waals surface area (Å²) in [5.74, 6) is 0.792. The number of H-pyrrole nitrogens is 1. The van der Waals surface area contributed by atoms with Crippen LogP contribution in [0.15, 0.2) is 36.5 Å². The Kier molecular flexibility index (Phi) is 5.45. The van der Waals surface area contributed by atoms with Crippen molar-refractivity contribution in [2.24, 2.45) is 0 Å². The van der Waals surface area contributed by atoms with Gasteiger partial charge >= 0.3 is 6.03 Å². The lowest BCUT2D eigenvalue weighted by Gasteiger charge is -2.20. The second kappa shape index (κ2) is 7.75. The summed E-state index contributed by atoms with van der Waals surface area (Å²) in [7, 11) is 1.81. The van der Waals surface area contributed by atoms with E-state index in [9.17, 15) is 4.79 Å². The standard InChI is InChI=1S/C18H24N4OS/c1-22(18(23)20-14-8-9-15(10-14)24-2)12-17-19-11-16(21-17)13-6-4-3-5-7-13/h3-7,11,14-15H,8-10,12H2,1-2H3,(H,19,21)(H,20,23)/t14-,15+/m1/s1. The average molecular weight is 344 g/mol. The molecule has 1 aromatic heterocycles. The number of carbonyl (C=O) groups is 1. The quantitative estimate of drug-likeness (QED) is 0.873. The van der Waals surface area contributed by atoms with E-state index in [1.165, 1.54) is 6.42 Å². The fourth-order valence-electron chi connectivity index (χ4n) is 3.07. The van der Waals surface area contributed by atoms with Crippen LogP contribution in [0.5, 0.6) is 0 Å². The fraction of sp³-hybridized carbons (Fsp3) is 0.444. The number of imidazole rings is 1. The van der Waals surface area contributed by atoms with Gasteiger partial charge in [-0.05, 0) is 31.1 Å². The van der Waals surface area contributed by atoms with Crippen molar-refractivity contribution in [3.05, 3.63) is 42.4 Å². The van der Waals surface area contributed by atoms with Gasteiger partial charge in [0.2, 0.25) is 0 Å². The average Bonchev–Trinajstić information content (AvgIpc) is 3.25. The molecule has 0 radical (unpaired) electrons. The first-order valence-electron chi connectivity index (χ1n) is 8.29. The number of thioether (sulfide) groups is 1. The molecule has 6 heteroatoms. The van der Waals surface area contributed by atoms with E-state index >= 15 is 0 Å². The van der Waals surface area contributed by atoms with Gasteiger partial charge in [-0.3, -0.25) is 0 Å². The zero-order valence-electron chi connectivity index (χ0n) is 14.2. The summed E-state index contributed by atoms with van der Waals surface area (Å²) in [6.45, 7) is 0.470. The third-order valence-corrected chi connectivity index (χ3v) is 5.59. The molecule has 1 saturated carbocycles. The molecule has 1 heterocycles. The number of nitrogens with one attached hydrogen (secondary N) is 2. The van der Waals surface area contributed by atoms with E-state index in [-0.39, 0.29) is 6.03 Å². The Balaban J connectivity index is 1.54. The molecular weight excluding hydrogens is 320 g/mol. The third-order valence-electron chi connectivity index (χ3n) is 4.49. The number of aromatic nitrogens is 2. The third kappa shape index (κ3) is 4.12. The first-order valence-corrected chi connectivity index (χ1v) is 9.58. The molecule has 1 aliphatic carbocycles. The van der Waals surface area contributed by atoms with Gasteiger partial charge in [-0.25, -0.2) is 9.78 Å². The molecule has 0 unspecified atom stereocenters. The van der Waals surface area contributed by atoms with Crippen molar-refractivity contribution in [3.8, 4) is 11.3 Å². The van der Waals surface area contributed by atoms with Crippen molar-refractivity contribution >= 4 is 17.8 Å². The Morgan fingerprint density at radius 2 is 2.17 bits per heavy atom. The number of benzene rings is 1. The number of nitrogens with zero attached hydrogens (tertiary/aromatic N) is 2. The molecule has 5 nitrogen and oxygen atoms in total. The first kappa shape index (κ1) is 16.9. The summed E-state index contributed by atoms with van der Waals surface area (Å²) in [4.78, 5) is 21.7. The number of amides is 2. The lowest BCUT2D eigenvalue weighted by atomic mass is 10.2. The Morgan fingerprint density at radius 1 is 1.38 bits per heavy atom. The number of hydrogen-bond acceptors (Lipinski definition) is 3. The number of rotatable bonds is 5. The van der Waals surface area contributed by atoms with Gasteiger partial charge in [-0.1, -0.05) is 30.3 Å². The number of hydrogen-bond donors (Lipinski definition) is 2. The number of carbonyl (C=O) groups excluding carboxylic acids is 1. The maximum Gasteiger partial charge on any atom is 0.317 e. The van der Waals surface area contributed by atoms with Crippen LogP contribution in [0.25, 0.3) is 11.3 Å². The Hall–Kier alpha value is -1.95. The molecule has 2 aromatic rings. The predicted octanol–water partition coefficient (Wildman–Crippen LogP) is 3.50. The molecule has 2 N–H and O–H groups in total. The maximum atomic E-state index is 12.3. The highest BCUT2D eigenvalue weighted by molar-refractivity contribution is 7.99. The smallest absolute Gasteiger partial charge is 0.317 e. The molecule has 3 rings (SSSR count). The number of aromatic amines is 1. The highest BCUT2D eigenvalue weighted by Gasteiger charge is 2.26. The van der Waals surface area contributed by atoms with Crippen LogP contribution in [0.3, 0.4) is 0 Å². The van der Waals surface area contributed by atoms with E-state index in [1.54, 1.807) is 11.9 Å². The summed E-state index contributed by atoms with van der Waals surface area (Å²) < 4.78 is 0. The zero-order chi connectivity index (χ0) is 16.9. The molecular formula is C18H24N4OS. The monoisotopic (exact) mass is 344 g/mol. The minimum Gasteiger partial charge on any atom is -0.341 e. The van der Waals surface area contributed by atoms with Gasteiger partial charge in [0.05, 0.1) is 18.4 Å². The van der Waals surface area contributed by atoms with Crippen molar-refractivity contribution in [2.75, 3.05) is 13.3 Å². The van der Waals surface area contributed by atoms with E-state index < -0.39 is 0 Å². The Morgan fingerprint density at radius 3 is 2.88 bits per heavy atom. The molecule has 1 aliphatic rings. The van der Waals surface area contributed by atoms with Gasteiger partial charge in [0.15, 0.2) is 0 Å². The van der Waals surface area contributed by atoms with Crippen LogP contribution < -0.4 is 5.32 Å². The summed E-state index contributed by atoms with van der Waals surface area (Å²) in [5.41, 5.74) is 2.07. The minimum absolute atomic E-state index is 0.0283. The molecule has 2 atom stereocenters. The van der Waals surface area contributed by atoms with Crippen LogP contribution in [0, 0.1) is 0 Å². The molecule has 0 aliphatic heterocycles. The van der Waals surface area contributed by atoms with Crippen molar-refractivity contribution in [3.63, 3.8) is 0 Å². The van der Waals surface area contributed by atoms with Crippen molar-refractivity contribution in [1.82, 2.24) is 20.2 Å². The molecule has 128 valence electrons. The SMILES string of the molecule is CS[C@H]1CC[C@@H](NC(=O)N(C)Cc2ncc(-c3ccccc3)[nH]2)C1. The fourth-order valence-corrected chi connectivity index (χ4v) is 3.87. The second-order valence-electron chi connectivity index (χ2n) is 6.28. The van der Waals surface area contributed by atoms with Gasteiger partial charge in [0, 0.05) is 18.3 Å². The van der Waals surface area contributed by atoms with E-state index in [0.29, 0.717) is 17.8 Å². The van der Waals surface area contributed by atoms with Gasteiger partial charge in [-0.2, -0.15) is 11.8 Å². The van der Waals surface area contributed by atoms with E-state index in [4.69, 9.17) is 0 Å². The van der Waals surface area contributed by atoms with Gasteiger partial charge in [-0.15, -0.1) is 0 Å². The summed E-state index contributed by atoms with van der Waals surface area (Å²) in [5, 5.41) is 3.81. The molecule has 0 bridgehead atoms. The van der Waals surface area contributed by atoms with E-state index in [1.807, 2.05) is 48.3 Å². The van der Waals surface area contributed by atoms with Crippen molar-refractivity contribution in [1.29, 1.82) is 0 Å². The Bertz CT molecular complexity index is 673. The number of urea groups is 1. The largest absolute Gasteiger partial charge is 0.341 e. The normalized spacial score (nSPS) is 20.1.